The highest BCUT2D eigenvalue weighted by Gasteiger charge is 2.46. The van der Waals surface area contributed by atoms with Crippen molar-refractivity contribution in [1.82, 2.24) is 5.32 Å². The van der Waals surface area contributed by atoms with E-state index >= 15 is 0 Å². The minimum absolute atomic E-state index is 0.273. The van der Waals surface area contributed by atoms with Gasteiger partial charge in [0, 0.05) is 11.1 Å². The molecule has 0 spiro atoms. The molecule has 1 fully saturated rings. The molecule has 2 aliphatic rings. The molecular formula is C13H15ClN2O. The fourth-order valence-corrected chi connectivity index (χ4v) is 2.89. The van der Waals surface area contributed by atoms with E-state index in [1.807, 2.05) is 18.2 Å². The average Bonchev–Trinajstić information content (AvgIpc) is 3.01. The molecule has 0 saturated heterocycles. The number of halogens is 1. The van der Waals surface area contributed by atoms with Gasteiger partial charge in [-0.25, -0.2) is 0 Å². The Labute approximate surface area is 105 Å². The number of benzene rings is 1. The quantitative estimate of drug-likeness (QED) is 0.858. The molecule has 0 bridgehead atoms. The summed E-state index contributed by atoms with van der Waals surface area (Å²) in [5.74, 6) is -0.273. The van der Waals surface area contributed by atoms with Gasteiger partial charge in [-0.1, -0.05) is 17.7 Å². The Bertz CT molecular complexity index is 484. The molecule has 3 nitrogen and oxygen atoms in total. The SMILES string of the molecule is NC(=O)C1(NC2CC2)CCc2cc(Cl)ccc21. The molecule has 3 rings (SSSR count). The van der Waals surface area contributed by atoms with Crippen LogP contribution in [0.15, 0.2) is 18.2 Å². The number of amides is 1. The number of nitrogens with two attached hydrogens (primary N) is 1. The standard InChI is InChI=1S/C13H15ClN2O/c14-9-1-4-11-8(7-9)5-6-13(11,12(15)17)16-10-2-3-10/h1,4,7,10,16H,2-3,5-6H2,(H2,15,17). The molecule has 2 aliphatic carbocycles. The smallest absolute Gasteiger partial charge is 0.242 e. The number of nitrogens with one attached hydrogen (secondary N) is 1. The number of carbonyl (C=O) groups is 1. The van der Waals surface area contributed by atoms with Crippen LogP contribution < -0.4 is 11.1 Å². The van der Waals surface area contributed by atoms with Gasteiger partial charge in [-0.3, -0.25) is 10.1 Å². The van der Waals surface area contributed by atoms with Gasteiger partial charge < -0.3 is 5.73 Å². The van der Waals surface area contributed by atoms with Gasteiger partial charge >= 0.3 is 0 Å². The van der Waals surface area contributed by atoms with Crippen LogP contribution in [0.2, 0.25) is 5.02 Å². The number of primary amides is 1. The maximum absolute atomic E-state index is 11.9. The number of aryl methyl sites for hydroxylation is 1. The molecule has 90 valence electrons. The number of carbonyl (C=O) groups excluding carboxylic acids is 1. The van der Waals surface area contributed by atoms with Crippen molar-refractivity contribution < 1.29 is 4.79 Å². The Kier molecular flexibility index (Phi) is 2.42. The second kappa shape index (κ2) is 3.72. The third-order valence-corrected chi connectivity index (χ3v) is 3.98. The number of hydrogen-bond acceptors (Lipinski definition) is 2. The molecule has 1 amide bonds. The van der Waals surface area contributed by atoms with Crippen LogP contribution in [0.4, 0.5) is 0 Å². The molecule has 0 aliphatic heterocycles. The highest BCUT2D eigenvalue weighted by Crippen LogP contribution is 2.40. The molecule has 1 unspecified atom stereocenters. The molecule has 3 N–H and O–H groups in total. The Morgan fingerprint density at radius 3 is 2.88 bits per heavy atom. The van der Waals surface area contributed by atoms with Crippen molar-refractivity contribution in [2.45, 2.75) is 37.3 Å². The van der Waals surface area contributed by atoms with E-state index in [9.17, 15) is 4.79 Å². The molecule has 0 radical (unpaired) electrons. The van der Waals surface area contributed by atoms with E-state index < -0.39 is 5.54 Å². The fraction of sp³-hybridized carbons (Fsp3) is 0.462. The van der Waals surface area contributed by atoms with Gasteiger partial charge in [-0.15, -0.1) is 0 Å². The van der Waals surface area contributed by atoms with E-state index in [0.29, 0.717) is 6.04 Å². The number of rotatable bonds is 3. The van der Waals surface area contributed by atoms with Crippen molar-refractivity contribution in [3.05, 3.63) is 34.3 Å². The van der Waals surface area contributed by atoms with Gasteiger partial charge in [0.1, 0.15) is 5.54 Å². The highest BCUT2D eigenvalue weighted by atomic mass is 35.5. The maximum atomic E-state index is 11.9. The molecule has 0 aromatic heterocycles. The topological polar surface area (TPSA) is 55.1 Å². The Morgan fingerprint density at radius 1 is 1.47 bits per heavy atom. The first-order chi connectivity index (χ1) is 8.12. The lowest BCUT2D eigenvalue weighted by atomic mass is 9.90. The lowest BCUT2D eigenvalue weighted by molar-refractivity contribution is -0.124. The highest BCUT2D eigenvalue weighted by molar-refractivity contribution is 6.30. The first kappa shape index (κ1) is 11.1. The fourth-order valence-electron chi connectivity index (χ4n) is 2.70. The summed E-state index contributed by atoms with van der Waals surface area (Å²) in [6, 6.07) is 6.16. The molecule has 1 saturated carbocycles. The lowest BCUT2D eigenvalue weighted by Gasteiger charge is -2.28. The van der Waals surface area contributed by atoms with Gasteiger partial charge in [-0.05, 0) is 48.9 Å². The molecule has 1 aromatic rings. The summed E-state index contributed by atoms with van der Waals surface area (Å²) in [5, 5.41) is 4.14. The summed E-state index contributed by atoms with van der Waals surface area (Å²) in [5.41, 5.74) is 7.12. The first-order valence-corrected chi connectivity index (χ1v) is 6.36. The second-order valence-electron chi connectivity index (χ2n) is 4.99. The van der Waals surface area contributed by atoms with Crippen LogP contribution in [-0.4, -0.2) is 11.9 Å². The van der Waals surface area contributed by atoms with Crippen LogP contribution in [-0.2, 0) is 16.8 Å². The van der Waals surface area contributed by atoms with E-state index in [2.05, 4.69) is 5.32 Å². The summed E-state index contributed by atoms with van der Waals surface area (Å²) in [4.78, 5) is 11.9. The number of fused-ring (bicyclic) bond motifs is 1. The largest absolute Gasteiger partial charge is 0.368 e. The molecular weight excluding hydrogens is 236 g/mol. The Balaban J connectivity index is 2.04. The zero-order valence-corrected chi connectivity index (χ0v) is 10.3. The van der Waals surface area contributed by atoms with Crippen molar-refractivity contribution in [2.75, 3.05) is 0 Å². The Morgan fingerprint density at radius 2 is 2.24 bits per heavy atom. The monoisotopic (exact) mass is 250 g/mol. The van der Waals surface area contributed by atoms with Crippen molar-refractivity contribution in [3.63, 3.8) is 0 Å². The predicted octanol–water partition coefficient (Wildman–Crippen LogP) is 1.72. The molecule has 0 heterocycles. The van der Waals surface area contributed by atoms with Gasteiger partial charge in [0.05, 0.1) is 0 Å². The molecule has 1 atom stereocenters. The van der Waals surface area contributed by atoms with Crippen molar-refractivity contribution in [2.24, 2.45) is 5.73 Å². The first-order valence-electron chi connectivity index (χ1n) is 5.98. The van der Waals surface area contributed by atoms with E-state index in [1.54, 1.807) is 0 Å². The summed E-state index contributed by atoms with van der Waals surface area (Å²) in [6.07, 6.45) is 3.88. The van der Waals surface area contributed by atoms with Gasteiger partial charge in [0.25, 0.3) is 0 Å². The second-order valence-corrected chi connectivity index (χ2v) is 5.43. The van der Waals surface area contributed by atoms with Gasteiger partial charge in [0.2, 0.25) is 5.91 Å². The third-order valence-electron chi connectivity index (χ3n) is 3.74. The minimum Gasteiger partial charge on any atom is -0.368 e. The summed E-state index contributed by atoms with van der Waals surface area (Å²) < 4.78 is 0. The summed E-state index contributed by atoms with van der Waals surface area (Å²) in [7, 11) is 0. The van der Waals surface area contributed by atoms with E-state index in [4.69, 9.17) is 17.3 Å². The molecule has 1 aromatic carbocycles. The number of hydrogen-bond donors (Lipinski definition) is 2. The lowest BCUT2D eigenvalue weighted by Crippen LogP contribution is -2.52. The normalized spacial score (nSPS) is 26.9. The molecule has 4 heteroatoms. The summed E-state index contributed by atoms with van der Waals surface area (Å²) in [6.45, 7) is 0. The van der Waals surface area contributed by atoms with E-state index in [0.717, 1.165) is 41.8 Å². The minimum atomic E-state index is -0.666. The molecule has 17 heavy (non-hydrogen) atoms. The van der Waals surface area contributed by atoms with Crippen LogP contribution in [0.3, 0.4) is 0 Å². The van der Waals surface area contributed by atoms with Gasteiger partial charge in [0.15, 0.2) is 0 Å². The van der Waals surface area contributed by atoms with Crippen molar-refractivity contribution >= 4 is 17.5 Å². The van der Waals surface area contributed by atoms with E-state index in [1.165, 1.54) is 0 Å². The maximum Gasteiger partial charge on any atom is 0.242 e. The van der Waals surface area contributed by atoms with Crippen molar-refractivity contribution in [3.8, 4) is 0 Å². The van der Waals surface area contributed by atoms with Gasteiger partial charge in [-0.2, -0.15) is 0 Å². The Hall–Kier alpha value is -1.06. The third kappa shape index (κ3) is 1.74. The average molecular weight is 251 g/mol. The zero-order valence-electron chi connectivity index (χ0n) is 9.50. The predicted molar refractivity (Wildman–Crippen MR) is 66.8 cm³/mol. The van der Waals surface area contributed by atoms with Crippen LogP contribution in [0.25, 0.3) is 0 Å². The van der Waals surface area contributed by atoms with Crippen LogP contribution in [0, 0.1) is 0 Å². The zero-order chi connectivity index (χ0) is 12.0. The van der Waals surface area contributed by atoms with Crippen LogP contribution in [0.5, 0.6) is 0 Å². The van der Waals surface area contributed by atoms with E-state index in [-0.39, 0.29) is 5.91 Å². The summed E-state index contributed by atoms with van der Waals surface area (Å²) >= 11 is 5.98. The van der Waals surface area contributed by atoms with Crippen LogP contribution >= 0.6 is 11.6 Å². The van der Waals surface area contributed by atoms with Crippen molar-refractivity contribution in [1.29, 1.82) is 0 Å². The van der Waals surface area contributed by atoms with Crippen LogP contribution in [0.1, 0.15) is 30.4 Å².